The van der Waals surface area contributed by atoms with E-state index in [0.717, 1.165) is 49.7 Å². The lowest BCUT2D eigenvalue weighted by Crippen LogP contribution is -2.65. The quantitative estimate of drug-likeness (QED) is 0.150. The standard InChI is InChI=1S/C44H68O17/c1-18-8-11-44(55-16-18)19(2)30-27(61-44)14-25-23-7-6-21-12-22(46)13-29(43(21,5)24(23)9-10-42(25,30)4)58-41-38(32(49)26(47)17-54-41)60-40-36(53)37(31(48)20(3)56-40)59-39-35(52)34(51)33(50)28(15-45)57-39/h6,19-20,22-41,45-53H,1,7-17H2,2-5H3/t19?,20?,22-,23?,24?,25?,26?,27?,28?,29-,30?,31?,32?,33?,34?,35?,36?,37?,38?,39?,40?,41?,42+,43+,44?/m1/s1. The van der Waals surface area contributed by atoms with Gasteiger partial charge in [-0.2, -0.15) is 0 Å². The number of fused-ring (bicyclic) bond motifs is 7. The van der Waals surface area contributed by atoms with E-state index >= 15 is 0 Å². The van der Waals surface area contributed by atoms with Crippen LogP contribution in [0, 0.1) is 40.4 Å². The highest BCUT2D eigenvalue weighted by Crippen LogP contribution is 2.71. The van der Waals surface area contributed by atoms with Crippen LogP contribution in [0.25, 0.3) is 0 Å². The van der Waals surface area contributed by atoms with Crippen molar-refractivity contribution in [1.29, 1.82) is 0 Å². The Kier molecular flexibility index (Phi) is 12.2. The molecule has 0 radical (unpaired) electrons. The lowest BCUT2D eigenvalue weighted by molar-refractivity contribution is -0.381. The van der Waals surface area contributed by atoms with Crippen LogP contribution in [0.1, 0.15) is 79.1 Å². The van der Waals surface area contributed by atoms with E-state index in [1.807, 2.05) is 0 Å². The molecular formula is C44H68O17. The minimum atomic E-state index is -1.81. The molecule has 61 heavy (non-hydrogen) atoms. The van der Waals surface area contributed by atoms with Crippen LogP contribution in [0.5, 0.6) is 0 Å². The SMILES string of the molecule is C=C1CCC2(OC1)OC1CC3C4CC=C5C[C@@H](O)C[C@@H](OC6OCC(O)C(O)C6OC6OC(C)C(O)C(OC7OC(CO)C(O)C(O)C7O)C6O)[C@]5(C)C4CC[C@]3(C)C1C2C. The van der Waals surface area contributed by atoms with Crippen molar-refractivity contribution < 1.29 is 83.9 Å². The van der Waals surface area contributed by atoms with Gasteiger partial charge < -0.3 is 83.9 Å². The number of ether oxygens (including phenoxy) is 8. The normalized spacial score (nSPS) is 57.2. The molecule has 3 saturated carbocycles. The first-order valence-electron chi connectivity index (χ1n) is 22.5. The van der Waals surface area contributed by atoms with Crippen LogP contribution < -0.4 is 0 Å². The van der Waals surface area contributed by atoms with Crippen LogP contribution in [0.15, 0.2) is 23.8 Å². The molecule has 9 aliphatic rings. The van der Waals surface area contributed by atoms with E-state index in [9.17, 15) is 46.0 Å². The van der Waals surface area contributed by atoms with Crippen molar-refractivity contribution in [3.63, 3.8) is 0 Å². The van der Waals surface area contributed by atoms with Crippen molar-refractivity contribution in [2.75, 3.05) is 19.8 Å². The van der Waals surface area contributed by atoms with Crippen LogP contribution in [-0.4, -0.2) is 176 Å². The number of aliphatic hydroxyl groups is 9. The molecule has 17 nitrogen and oxygen atoms in total. The fraction of sp³-hybridized carbons (Fsp3) is 0.909. The zero-order chi connectivity index (χ0) is 43.5. The third-order valence-corrected chi connectivity index (χ3v) is 17.1. The highest BCUT2D eigenvalue weighted by molar-refractivity contribution is 5.29. The highest BCUT2D eigenvalue weighted by atomic mass is 16.8. The first kappa shape index (κ1) is 45.0. The van der Waals surface area contributed by atoms with Gasteiger partial charge in [-0.3, -0.25) is 0 Å². The van der Waals surface area contributed by atoms with Gasteiger partial charge >= 0.3 is 0 Å². The fourth-order valence-electron chi connectivity index (χ4n) is 13.7. The Morgan fingerprint density at radius 1 is 0.803 bits per heavy atom. The zero-order valence-electron chi connectivity index (χ0n) is 35.6. The first-order chi connectivity index (χ1) is 28.9. The zero-order valence-corrected chi connectivity index (χ0v) is 35.6. The van der Waals surface area contributed by atoms with Crippen molar-refractivity contribution >= 4 is 0 Å². The molecule has 5 heterocycles. The summed E-state index contributed by atoms with van der Waals surface area (Å²) >= 11 is 0. The van der Waals surface area contributed by atoms with Crippen molar-refractivity contribution in [2.24, 2.45) is 40.4 Å². The number of hydrogen-bond acceptors (Lipinski definition) is 17. The van der Waals surface area contributed by atoms with Gasteiger partial charge in [0.05, 0.1) is 44.2 Å². The summed E-state index contributed by atoms with van der Waals surface area (Å²) in [5.41, 5.74) is 1.79. The molecule has 0 bridgehead atoms. The molecule has 0 aromatic heterocycles. The van der Waals surface area contributed by atoms with E-state index in [4.69, 9.17) is 37.9 Å². The molecule has 0 amide bonds. The molecule has 5 aliphatic heterocycles. The van der Waals surface area contributed by atoms with Crippen molar-refractivity contribution in [3.8, 4) is 0 Å². The third-order valence-electron chi connectivity index (χ3n) is 17.1. The molecule has 4 aliphatic carbocycles. The monoisotopic (exact) mass is 868 g/mol. The maximum absolute atomic E-state index is 11.6. The van der Waals surface area contributed by atoms with Crippen LogP contribution in [0.2, 0.25) is 0 Å². The molecule has 0 aromatic carbocycles. The average molecular weight is 869 g/mol. The lowest BCUT2D eigenvalue weighted by Gasteiger charge is -2.60. The molecule has 1 spiro atoms. The second kappa shape index (κ2) is 16.6. The molecule has 346 valence electrons. The minimum Gasteiger partial charge on any atom is -0.394 e. The van der Waals surface area contributed by atoms with E-state index in [2.05, 4.69) is 33.4 Å². The second-order valence-electron chi connectivity index (χ2n) is 20.3. The van der Waals surface area contributed by atoms with Gasteiger partial charge in [0.2, 0.25) is 0 Å². The summed E-state index contributed by atoms with van der Waals surface area (Å²) in [4.78, 5) is 0. The molecule has 0 aromatic rings. The van der Waals surface area contributed by atoms with Gasteiger partial charge in [0.15, 0.2) is 24.7 Å². The molecule has 17 heteroatoms. The van der Waals surface area contributed by atoms with Crippen molar-refractivity contribution in [3.05, 3.63) is 23.8 Å². The van der Waals surface area contributed by atoms with Gasteiger partial charge in [0.1, 0.15) is 61.0 Å². The Labute approximate surface area is 356 Å². The summed E-state index contributed by atoms with van der Waals surface area (Å²) in [6.45, 7) is 12.2. The van der Waals surface area contributed by atoms with Gasteiger partial charge in [-0.05, 0) is 74.5 Å². The summed E-state index contributed by atoms with van der Waals surface area (Å²) in [5, 5.41) is 97.1. The van der Waals surface area contributed by atoms with Crippen LogP contribution in [0.3, 0.4) is 0 Å². The largest absolute Gasteiger partial charge is 0.394 e. The van der Waals surface area contributed by atoms with Gasteiger partial charge in [0, 0.05) is 24.2 Å². The van der Waals surface area contributed by atoms with E-state index in [-0.39, 0.29) is 30.0 Å². The summed E-state index contributed by atoms with van der Waals surface area (Å²) in [6, 6.07) is 0. The summed E-state index contributed by atoms with van der Waals surface area (Å²) < 4.78 is 49.7. The predicted octanol–water partition coefficient (Wildman–Crippen LogP) is -0.256. The average Bonchev–Trinajstić information content (AvgIpc) is 3.68. The van der Waals surface area contributed by atoms with E-state index in [0.29, 0.717) is 37.2 Å². The maximum atomic E-state index is 11.6. The Hall–Kier alpha value is -1.20. The third kappa shape index (κ3) is 7.25. The van der Waals surface area contributed by atoms with E-state index in [1.165, 1.54) is 6.92 Å². The van der Waals surface area contributed by atoms with E-state index < -0.39 is 116 Å². The minimum absolute atomic E-state index is 0.0559. The number of rotatable bonds is 7. The van der Waals surface area contributed by atoms with Crippen molar-refractivity contribution in [1.82, 2.24) is 0 Å². The van der Waals surface area contributed by atoms with Crippen LogP contribution in [0.4, 0.5) is 0 Å². The number of hydrogen-bond donors (Lipinski definition) is 9. The van der Waals surface area contributed by atoms with E-state index in [1.54, 1.807) is 0 Å². The smallest absolute Gasteiger partial charge is 0.187 e. The molecule has 8 fully saturated rings. The molecule has 5 saturated heterocycles. The molecular weight excluding hydrogens is 800 g/mol. The first-order valence-corrected chi connectivity index (χ1v) is 22.5. The Morgan fingerprint density at radius 2 is 1.54 bits per heavy atom. The predicted molar refractivity (Wildman–Crippen MR) is 210 cm³/mol. The summed E-state index contributed by atoms with van der Waals surface area (Å²) in [7, 11) is 0. The summed E-state index contributed by atoms with van der Waals surface area (Å²) in [6.07, 6.45) is -13.9. The Balaban J connectivity index is 0.934. The van der Waals surface area contributed by atoms with Gasteiger partial charge in [-0.15, -0.1) is 0 Å². The molecule has 21 unspecified atom stereocenters. The number of aliphatic hydroxyl groups excluding tert-OH is 9. The van der Waals surface area contributed by atoms with Gasteiger partial charge in [-0.1, -0.05) is 44.6 Å². The Bertz CT molecular complexity index is 1640. The van der Waals surface area contributed by atoms with Gasteiger partial charge in [0.25, 0.3) is 0 Å². The summed E-state index contributed by atoms with van der Waals surface area (Å²) in [5.74, 6) is 1.01. The highest BCUT2D eigenvalue weighted by Gasteiger charge is 2.69. The van der Waals surface area contributed by atoms with Crippen molar-refractivity contribution in [2.45, 2.75) is 189 Å². The molecule has 25 atom stereocenters. The topological polar surface area (TPSA) is 256 Å². The van der Waals surface area contributed by atoms with Crippen LogP contribution in [-0.2, 0) is 37.9 Å². The van der Waals surface area contributed by atoms with Gasteiger partial charge in [-0.25, -0.2) is 0 Å². The van der Waals surface area contributed by atoms with Crippen LogP contribution >= 0.6 is 0 Å². The maximum Gasteiger partial charge on any atom is 0.187 e. The fourth-order valence-corrected chi connectivity index (χ4v) is 13.7. The number of allylic oxidation sites excluding steroid dienone is 1. The second-order valence-corrected chi connectivity index (χ2v) is 20.3. The Morgan fingerprint density at radius 3 is 2.26 bits per heavy atom. The molecule has 9 rings (SSSR count). The lowest BCUT2D eigenvalue weighted by atomic mass is 9.46. The molecule has 9 N–H and O–H groups in total.